The molecule has 0 fully saturated rings. The summed E-state index contributed by atoms with van der Waals surface area (Å²) in [5, 5.41) is 6.62. The zero-order valence-corrected chi connectivity index (χ0v) is 12.3. The third-order valence-electron chi connectivity index (χ3n) is 2.90. The number of halogens is 1. The minimum Gasteiger partial charge on any atom is -0.306 e. The van der Waals surface area contributed by atoms with Crippen molar-refractivity contribution >= 4 is 22.9 Å². The highest BCUT2D eigenvalue weighted by atomic mass is 35.5. The van der Waals surface area contributed by atoms with Gasteiger partial charge in [-0.3, -0.25) is 0 Å². The first-order chi connectivity index (χ1) is 8.72. The van der Waals surface area contributed by atoms with Gasteiger partial charge in [0.25, 0.3) is 0 Å². The van der Waals surface area contributed by atoms with Crippen LogP contribution in [0.15, 0.2) is 35.7 Å². The molecule has 0 saturated carbocycles. The Hall–Kier alpha value is -0.830. The van der Waals surface area contributed by atoms with Crippen LogP contribution in [0.3, 0.4) is 0 Å². The smallest absolute Gasteiger partial charge is 0.0599 e. The maximum absolute atomic E-state index is 6.32. The van der Waals surface area contributed by atoms with Crippen LogP contribution >= 0.6 is 22.9 Å². The third-order valence-corrected chi connectivity index (χ3v) is 4.12. The van der Waals surface area contributed by atoms with Crippen molar-refractivity contribution in [3.63, 3.8) is 0 Å². The predicted molar refractivity (Wildman–Crippen MR) is 80.6 cm³/mol. The Morgan fingerprint density at radius 3 is 2.72 bits per heavy atom. The van der Waals surface area contributed by atoms with Crippen LogP contribution < -0.4 is 5.32 Å². The van der Waals surface area contributed by atoms with E-state index in [9.17, 15) is 0 Å². The number of nitrogens with one attached hydrogen (secondary N) is 1. The lowest BCUT2D eigenvalue weighted by molar-refractivity contribution is 0.600. The van der Waals surface area contributed by atoms with Crippen LogP contribution in [-0.4, -0.2) is 6.54 Å². The second kappa shape index (κ2) is 6.37. The first-order valence-corrected chi connectivity index (χ1v) is 7.51. The average Bonchev–Trinajstić information content (AvgIpc) is 2.78. The van der Waals surface area contributed by atoms with E-state index in [1.54, 1.807) is 11.3 Å². The lowest BCUT2D eigenvalue weighted by atomic mass is 10.0. The molecule has 0 amide bonds. The summed E-state index contributed by atoms with van der Waals surface area (Å²) in [7, 11) is 0. The molecule has 1 heterocycles. The van der Waals surface area contributed by atoms with E-state index >= 15 is 0 Å². The van der Waals surface area contributed by atoms with E-state index < -0.39 is 0 Å². The summed E-state index contributed by atoms with van der Waals surface area (Å²) >= 11 is 8.10. The zero-order chi connectivity index (χ0) is 13.0. The van der Waals surface area contributed by atoms with E-state index in [1.165, 1.54) is 10.4 Å². The van der Waals surface area contributed by atoms with Gasteiger partial charge in [-0.05, 0) is 48.5 Å². The Morgan fingerprint density at radius 1 is 1.33 bits per heavy atom. The Balaban J connectivity index is 2.33. The van der Waals surface area contributed by atoms with Gasteiger partial charge in [0.15, 0.2) is 0 Å². The summed E-state index contributed by atoms with van der Waals surface area (Å²) in [6.07, 6.45) is 1.12. The largest absolute Gasteiger partial charge is 0.306 e. The van der Waals surface area contributed by atoms with Gasteiger partial charge >= 0.3 is 0 Å². The van der Waals surface area contributed by atoms with E-state index in [1.807, 2.05) is 18.2 Å². The van der Waals surface area contributed by atoms with Crippen LogP contribution in [0.4, 0.5) is 0 Å². The molecule has 0 radical (unpaired) electrons. The molecule has 0 bridgehead atoms. The number of rotatable bonds is 5. The van der Waals surface area contributed by atoms with Gasteiger partial charge in [-0.2, -0.15) is 0 Å². The molecule has 0 aliphatic rings. The molecule has 0 aliphatic carbocycles. The predicted octanol–water partition coefficient (Wildman–Crippen LogP) is 4.80. The number of hydrogen-bond donors (Lipinski definition) is 1. The van der Waals surface area contributed by atoms with Gasteiger partial charge in [0.05, 0.1) is 6.04 Å². The highest BCUT2D eigenvalue weighted by Gasteiger charge is 2.16. The molecule has 1 atom stereocenters. The van der Waals surface area contributed by atoms with Gasteiger partial charge in [0.2, 0.25) is 0 Å². The average molecular weight is 280 g/mol. The minimum absolute atomic E-state index is 0.198. The number of hydrogen-bond acceptors (Lipinski definition) is 2. The fourth-order valence-corrected chi connectivity index (χ4v) is 3.00. The van der Waals surface area contributed by atoms with Gasteiger partial charge in [0, 0.05) is 9.90 Å². The standard InChI is InChI=1S/C15H18ClNS/c1-3-8-17-15(12-9-11(2)18-10-12)13-6-4-5-7-14(13)16/h4-7,9-10,15,17H,3,8H2,1-2H3. The molecule has 1 nitrogen and oxygen atoms in total. The van der Waals surface area contributed by atoms with Crippen molar-refractivity contribution < 1.29 is 0 Å². The van der Waals surface area contributed by atoms with Crippen molar-refractivity contribution in [2.24, 2.45) is 0 Å². The van der Waals surface area contributed by atoms with Crippen LogP contribution in [0.2, 0.25) is 5.02 Å². The van der Waals surface area contributed by atoms with Gasteiger partial charge in [-0.1, -0.05) is 36.7 Å². The molecule has 0 aliphatic heterocycles. The molecule has 18 heavy (non-hydrogen) atoms. The topological polar surface area (TPSA) is 12.0 Å². The summed E-state index contributed by atoms with van der Waals surface area (Å²) in [6, 6.07) is 10.5. The van der Waals surface area contributed by atoms with Crippen LogP contribution in [-0.2, 0) is 0 Å². The fraction of sp³-hybridized carbons (Fsp3) is 0.333. The summed E-state index contributed by atoms with van der Waals surface area (Å²) in [6.45, 7) is 5.30. The summed E-state index contributed by atoms with van der Waals surface area (Å²) in [4.78, 5) is 1.33. The molecule has 0 spiro atoms. The van der Waals surface area contributed by atoms with Gasteiger partial charge < -0.3 is 5.32 Å². The maximum Gasteiger partial charge on any atom is 0.0599 e. The third kappa shape index (κ3) is 3.14. The van der Waals surface area contributed by atoms with Crippen LogP contribution in [0.5, 0.6) is 0 Å². The quantitative estimate of drug-likeness (QED) is 0.829. The van der Waals surface area contributed by atoms with Crippen molar-refractivity contribution in [3.8, 4) is 0 Å². The zero-order valence-electron chi connectivity index (χ0n) is 10.7. The summed E-state index contributed by atoms with van der Waals surface area (Å²) < 4.78 is 0. The van der Waals surface area contributed by atoms with Crippen molar-refractivity contribution in [2.45, 2.75) is 26.3 Å². The number of aryl methyl sites for hydroxylation is 1. The molecule has 2 rings (SSSR count). The van der Waals surface area contributed by atoms with Crippen molar-refractivity contribution in [3.05, 3.63) is 56.7 Å². The van der Waals surface area contributed by atoms with E-state index in [0.29, 0.717) is 0 Å². The van der Waals surface area contributed by atoms with Crippen LogP contribution in [0.25, 0.3) is 0 Å². The molecule has 96 valence electrons. The van der Waals surface area contributed by atoms with E-state index in [0.717, 1.165) is 23.6 Å². The molecular weight excluding hydrogens is 262 g/mol. The second-order valence-corrected chi connectivity index (χ2v) is 5.92. The van der Waals surface area contributed by atoms with E-state index in [2.05, 4.69) is 36.7 Å². The highest BCUT2D eigenvalue weighted by molar-refractivity contribution is 7.10. The molecular formula is C15H18ClNS. The normalized spacial score (nSPS) is 12.6. The molecule has 1 aromatic carbocycles. The molecule has 2 aromatic rings. The number of thiophene rings is 1. The van der Waals surface area contributed by atoms with E-state index in [-0.39, 0.29) is 6.04 Å². The van der Waals surface area contributed by atoms with Crippen molar-refractivity contribution in [1.29, 1.82) is 0 Å². The lowest BCUT2D eigenvalue weighted by Crippen LogP contribution is -2.23. The minimum atomic E-state index is 0.198. The van der Waals surface area contributed by atoms with E-state index in [4.69, 9.17) is 11.6 Å². The van der Waals surface area contributed by atoms with Crippen molar-refractivity contribution in [1.82, 2.24) is 5.32 Å². The molecule has 1 unspecified atom stereocenters. The van der Waals surface area contributed by atoms with Crippen LogP contribution in [0.1, 0.15) is 35.4 Å². The lowest BCUT2D eigenvalue weighted by Gasteiger charge is -2.19. The molecule has 1 aromatic heterocycles. The Morgan fingerprint density at radius 2 is 2.11 bits per heavy atom. The molecule has 1 N–H and O–H groups in total. The molecule has 3 heteroatoms. The molecule has 0 saturated heterocycles. The monoisotopic (exact) mass is 279 g/mol. The Kier molecular flexibility index (Phi) is 4.81. The first kappa shape index (κ1) is 13.6. The van der Waals surface area contributed by atoms with Gasteiger partial charge in [-0.15, -0.1) is 11.3 Å². The Labute approximate surface area is 118 Å². The first-order valence-electron chi connectivity index (χ1n) is 6.25. The van der Waals surface area contributed by atoms with Gasteiger partial charge in [0.1, 0.15) is 0 Å². The maximum atomic E-state index is 6.32. The highest BCUT2D eigenvalue weighted by Crippen LogP contribution is 2.30. The van der Waals surface area contributed by atoms with Crippen molar-refractivity contribution in [2.75, 3.05) is 6.54 Å². The Bertz CT molecular complexity index is 507. The second-order valence-electron chi connectivity index (χ2n) is 4.40. The summed E-state index contributed by atoms with van der Waals surface area (Å²) in [5.41, 5.74) is 2.46. The summed E-state index contributed by atoms with van der Waals surface area (Å²) in [5.74, 6) is 0. The SMILES string of the molecule is CCCNC(c1csc(C)c1)c1ccccc1Cl. The van der Waals surface area contributed by atoms with Gasteiger partial charge in [-0.25, -0.2) is 0 Å². The number of benzene rings is 1. The van der Waals surface area contributed by atoms with Crippen LogP contribution in [0, 0.1) is 6.92 Å². The fourth-order valence-electron chi connectivity index (χ4n) is 2.02.